The lowest BCUT2D eigenvalue weighted by Crippen LogP contribution is -2.06. The zero-order valence-corrected chi connectivity index (χ0v) is 21.0. The van der Waals surface area contributed by atoms with Gasteiger partial charge in [0, 0.05) is 0 Å². The van der Waals surface area contributed by atoms with Crippen LogP contribution in [0.5, 0.6) is 5.75 Å². The number of aryl methyl sites for hydroxylation is 1. The molecule has 0 fully saturated rings. The molecule has 30 heavy (non-hydrogen) atoms. The van der Waals surface area contributed by atoms with Gasteiger partial charge < -0.3 is 5.11 Å². The van der Waals surface area contributed by atoms with Gasteiger partial charge in [0.05, 0.1) is 0 Å². The molecule has 0 saturated carbocycles. The van der Waals surface area contributed by atoms with E-state index >= 15 is 0 Å². The first-order valence-corrected chi connectivity index (χ1v) is 13.5. The Morgan fingerprint density at radius 3 is 1.40 bits per heavy atom. The second-order valence-corrected chi connectivity index (χ2v) is 9.34. The summed E-state index contributed by atoms with van der Waals surface area (Å²) in [4.78, 5) is 0. The van der Waals surface area contributed by atoms with Crippen LogP contribution in [0.15, 0.2) is 6.07 Å². The summed E-state index contributed by atoms with van der Waals surface area (Å²) < 4.78 is 0. The lowest BCUT2D eigenvalue weighted by Gasteiger charge is -2.21. The van der Waals surface area contributed by atoms with Gasteiger partial charge in [0.1, 0.15) is 5.75 Å². The molecule has 0 heterocycles. The highest BCUT2D eigenvalue weighted by atomic mass is 16.3. The Morgan fingerprint density at radius 1 is 0.500 bits per heavy atom. The van der Waals surface area contributed by atoms with Crippen molar-refractivity contribution in [2.45, 2.75) is 150 Å². The van der Waals surface area contributed by atoms with Crippen LogP contribution in [0.2, 0.25) is 0 Å². The van der Waals surface area contributed by atoms with Gasteiger partial charge in [-0.1, -0.05) is 105 Å². The topological polar surface area (TPSA) is 20.2 Å². The summed E-state index contributed by atoms with van der Waals surface area (Å²) in [5.74, 6) is 0.569. The smallest absolute Gasteiger partial charge is 0.119 e. The van der Waals surface area contributed by atoms with Gasteiger partial charge in [0.25, 0.3) is 0 Å². The molecule has 174 valence electrons. The molecule has 1 heteroatoms. The van der Waals surface area contributed by atoms with Crippen molar-refractivity contribution >= 4 is 0 Å². The summed E-state index contributed by atoms with van der Waals surface area (Å²) in [5.41, 5.74) is 5.84. The monoisotopic (exact) mass is 416 g/mol. The number of hydrogen-bond donors (Lipinski definition) is 1. The predicted octanol–water partition coefficient (Wildman–Crippen LogP) is 9.49. The second-order valence-electron chi connectivity index (χ2n) is 9.34. The Balaban J connectivity index is 2.94. The average molecular weight is 417 g/mol. The standard InChI is InChI=1S/C29H52O/c1-5-9-12-15-18-21-25-24-29(30)26(8-4)28(23-20-17-14-11-7-3)27(25)22-19-16-13-10-6-2/h24,30H,5-23H2,1-4H3. The molecule has 1 aromatic rings. The number of hydrogen-bond acceptors (Lipinski definition) is 1. The summed E-state index contributed by atoms with van der Waals surface area (Å²) in [6, 6.07) is 2.14. The Kier molecular flexibility index (Phi) is 15.9. The molecule has 0 unspecified atom stereocenters. The van der Waals surface area contributed by atoms with E-state index in [2.05, 4.69) is 33.8 Å². The lowest BCUT2D eigenvalue weighted by molar-refractivity contribution is 0.465. The normalized spacial score (nSPS) is 11.3. The molecule has 0 aliphatic heterocycles. The van der Waals surface area contributed by atoms with E-state index in [0.717, 1.165) is 19.3 Å². The summed E-state index contributed by atoms with van der Waals surface area (Å²) >= 11 is 0. The molecule has 1 aromatic carbocycles. The molecular formula is C29H52O. The van der Waals surface area contributed by atoms with Gasteiger partial charge in [-0.25, -0.2) is 0 Å². The summed E-state index contributed by atoms with van der Waals surface area (Å²) in [5, 5.41) is 10.8. The minimum absolute atomic E-state index is 0.569. The summed E-state index contributed by atoms with van der Waals surface area (Å²) in [7, 11) is 0. The zero-order valence-electron chi connectivity index (χ0n) is 21.0. The fraction of sp³-hybridized carbons (Fsp3) is 0.793. The molecule has 1 N–H and O–H groups in total. The lowest BCUT2D eigenvalue weighted by atomic mass is 9.85. The number of phenols is 1. The van der Waals surface area contributed by atoms with Crippen molar-refractivity contribution in [1.82, 2.24) is 0 Å². The third kappa shape index (κ3) is 10.4. The third-order valence-corrected chi connectivity index (χ3v) is 6.70. The van der Waals surface area contributed by atoms with Gasteiger partial charge in [0.15, 0.2) is 0 Å². The van der Waals surface area contributed by atoms with Crippen LogP contribution in [0.25, 0.3) is 0 Å². The molecule has 0 atom stereocenters. The van der Waals surface area contributed by atoms with E-state index in [4.69, 9.17) is 0 Å². The quantitative estimate of drug-likeness (QED) is 0.223. The van der Waals surface area contributed by atoms with Crippen LogP contribution in [0.1, 0.15) is 146 Å². The Bertz CT molecular complexity index is 546. The van der Waals surface area contributed by atoms with Gasteiger partial charge in [-0.3, -0.25) is 0 Å². The number of rotatable bonds is 19. The molecule has 0 amide bonds. The van der Waals surface area contributed by atoms with Crippen LogP contribution in [-0.4, -0.2) is 5.11 Å². The van der Waals surface area contributed by atoms with Crippen molar-refractivity contribution in [3.05, 3.63) is 28.3 Å². The Morgan fingerprint density at radius 2 is 0.933 bits per heavy atom. The summed E-state index contributed by atoms with van der Waals surface area (Å²) in [6.07, 6.45) is 24.4. The zero-order chi connectivity index (χ0) is 22.0. The highest BCUT2D eigenvalue weighted by Gasteiger charge is 2.16. The molecular weight excluding hydrogens is 364 g/mol. The van der Waals surface area contributed by atoms with Gasteiger partial charge in [-0.2, -0.15) is 0 Å². The molecule has 0 bridgehead atoms. The highest BCUT2D eigenvalue weighted by Crippen LogP contribution is 2.33. The van der Waals surface area contributed by atoms with Crippen LogP contribution in [-0.2, 0) is 25.7 Å². The molecule has 1 rings (SSSR count). The van der Waals surface area contributed by atoms with Crippen molar-refractivity contribution in [3.8, 4) is 5.75 Å². The number of aromatic hydroxyl groups is 1. The molecule has 0 aliphatic rings. The van der Waals surface area contributed by atoms with Gasteiger partial charge >= 0.3 is 0 Å². The molecule has 0 saturated heterocycles. The van der Waals surface area contributed by atoms with Crippen LogP contribution < -0.4 is 0 Å². The van der Waals surface area contributed by atoms with E-state index in [1.54, 1.807) is 5.56 Å². The van der Waals surface area contributed by atoms with Crippen LogP contribution in [0.4, 0.5) is 0 Å². The first-order chi connectivity index (χ1) is 14.7. The molecule has 0 radical (unpaired) electrons. The Hall–Kier alpha value is -0.980. The maximum atomic E-state index is 10.8. The second kappa shape index (κ2) is 17.7. The van der Waals surface area contributed by atoms with Gasteiger partial charge in [-0.05, 0) is 73.3 Å². The van der Waals surface area contributed by atoms with E-state index < -0.39 is 0 Å². The highest BCUT2D eigenvalue weighted by molar-refractivity contribution is 5.49. The largest absolute Gasteiger partial charge is 0.508 e. The molecule has 1 nitrogen and oxygen atoms in total. The SMILES string of the molecule is CCCCCCCc1cc(O)c(CC)c(CCCCCCC)c1CCCCCCC. The van der Waals surface area contributed by atoms with Crippen molar-refractivity contribution < 1.29 is 5.11 Å². The van der Waals surface area contributed by atoms with E-state index in [9.17, 15) is 5.11 Å². The maximum Gasteiger partial charge on any atom is 0.119 e. The fourth-order valence-electron chi connectivity index (χ4n) is 4.83. The molecule has 0 aromatic heterocycles. The van der Waals surface area contributed by atoms with E-state index in [-0.39, 0.29) is 0 Å². The van der Waals surface area contributed by atoms with Gasteiger partial charge in [-0.15, -0.1) is 0 Å². The van der Waals surface area contributed by atoms with Crippen LogP contribution >= 0.6 is 0 Å². The van der Waals surface area contributed by atoms with E-state index in [1.165, 1.54) is 119 Å². The first-order valence-electron chi connectivity index (χ1n) is 13.5. The number of phenolic OH excluding ortho intramolecular Hbond substituents is 1. The summed E-state index contributed by atoms with van der Waals surface area (Å²) in [6.45, 7) is 9.07. The van der Waals surface area contributed by atoms with Crippen LogP contribution in [0.3, 0.4) is 0 Å². The minimum Gasteiger partial charge on any atom is -0.508 e. The van der Waals surface area contributed by atoms with Crippen LogP contribution in [0, 0.1) is 0 Å². The van der Waals surface area contributed by atoms with Crippen molar-refractivity contribution in [2.24, 2.45) is 0 Å². The Labute approximate surface area is 189 Å². The average Bonchev–Trinajstić information content (AvgIpc) is 2.74. The third-order valence-electron chi connectivity index (χ3n) is 6.70. The number of benzene rings is 1. The molecule has 0 spiro atoms. The first kappa shape index (κ1) is 27.1. The van der Waals surface area contributed by atoms with E-state index in [0.29, 0.717) is 5.75 Å². The molecule has 0 aliphatic carbocycles. The maximum absolute atomic E-state index is 10.8. The predicted molar refractivity (Wildman–Crippen MR) is 135 cm³/mol. The minimum atomic E-state index is 0.569. The van der Waals surface area contributed by atoms with Crippen molar-refractivity contribution in [2.75, 3.05) is 0 Å². The van der Waals surface area contributed by atoms with E-state index in [1.807, 2.05) is 0 Å². The van der Waals surface area contributed by atoms with Crippen molar-refractivity contribution in [3.63, 3.8) is 0 Å². The fourth-order valence-corrected chi connectivity index (χ4v) is 4.83. The number of unbranched alkanes of at least 4 members (excludes halogenated alkanes) is 12. The van der Waals surface area contributed by atoms with Gasteiger partial charge in [0.2, 0.25) is 0 Å². The van der Waals surface area contributed by atoms with Crippen molar-refractivity contribution in [1.29, 1.82) is 0 Å².